The molecule has 0 aliphatic carbocycles. The van der Waals surface area contributed by atoms with Crippen molar-refractivity contribution < 1.29 is 19.1 Å². The minimum atomic E-state index is -0.934. The summed E-state index contributed by atoms with van der Waals surface area (Å²) in [6.45, 7) is 2.98. The quantitative estimate of drug-likeness (QED) is 0.482. The smallest absolute Gasteiger partial charge is 0.306 e. The number of H-pyrrole nitrogens is 1. The zero-order valence-electron chi connectivity index (χ0n) is 15.8. The Morgan fingerprint density at radius 1 is 1.11 bits per heavy atom. The summed E-state index contributed by atoms with van der Waals surface area (Å²) in [5, 5.41) is 3.74. The monoisotopic (exact) mass is 378 g/mol. The van der Waals surface area contributed by atoms with Gasteiger partial charge < -0.3 is 15.0 Å². The average molecular weight is 378 g/mol. The lowest BCUT2D eigenvalue weighted by atomic mass is 10.1. The van der Waals surface area contributed by atoms with Crippen molar-refractivity contribution in [1.29, 1.82) is 0 Å². The third kappa shape index (κ3) is 4.65. The number of aryl methyl sites for hydroxylation is 1. The Kier molecular flexibility index (Phi) is 5.89. The van der Waals surface area contributed by atoms with E-state index in [0.717, 1.165) is 16.5 Å². The number of para-hydroxylation sites is 1. The van der Waals surface area contributed by atoms with E-state index in [-0.39, 0.29) is 12.2 Å². The van der Waals surface area contributed by atoms with Gasteiger partial charge in [-0.3, -0.25) is 14.4 Å². The fourth-order valence-corrected chi connectivity index (χ4v) is 2.94. The Morgan fingerprint density at radius 2 is 1.89 bits per heavy atom. The Hall–Kier alpha value is -3.41. The molecule has 0 aliphatic heterocycles. The number of ketones is 1. The van der Waals surface area contributed by atoms with Crippen LogP contribution >= 0.6 is 0 Å². The molecule has 0 bridgehead atoms. The number of esters is 1. The van der Waals surface area contributed by atoms with Crippen molar-refractivity contribution in [2.75, 3.05) is 5.32 Å². The molecule has 0 spiro atoms. The second-order valence-corrected chi connectivity index (χ2v) is 6.62. The van der Waals surface area contributed by atoms with Gasteiger partial charge in [-0.1, -0.05) is 30.3 Å². The van der Waals surface area contributed by atoms with E-state index in [4.69, 9.17) is 4.74 Å². The largest absolute Gasteiger partial charge is 0.453 e. The summed E-state index contributed by atoms with van der Waals surface area (Å²) in [5.74, 6) is -0.973. The van der Waals surface area contributed by atoms with E-state index in [2.05, 4.69) is 10.3 Å². The number of anilines is 1. The number of amides is 1. The third-order valence-electron chi connectivity index (χ3n) is 4.49. The van der Waals surface area contributed by atoms with Crippen LogP contribution in [0.2, 0.25) is 0 Å². The van der Waals surface area contributed by atoms with Crippen LogP contribution in [0.5, 0.6) is 0 Å². The van der Waals surface area contributed by atoms with E-state index in [9.17, 15) is 14.4 Å². The van der Waals surface area contributed by atoms with Crippen LogP contribution in [0.15, 0.2) is 54.7 Å². The summed E-state index contributed by atoms with van der Waals surface area (Å²) in [7, 11) is 0. The van der Waals surface area contributed by atoms with Crippen molar-refractivity contribution in [3.63, 3.8) is 0 Å². The highest BCUT2D eigenvalue weighted by molar-refractivity contribution is 5.98. The van der Waals surface area contributed by atoms with Crippen LogP contribution in [-0.2, 0) is 20.7 Å². The van der Waals surface area contributed by atoms with Gasteiger partial charge >= 0.3 is 5.97 Å². The molecule has 0 saturated heterocycles. The van der Waals surface area contributed by atoms with Crippen LogP contribution in [0.25, 0.3) is 10.9 Å². The Bertz CT molecular complexity index is 1020. The molecule has 1 aromatic heterocycles. The van der Waals surface area contributed by atoms with Crippen molar-refractivity contribution in [1.82, 2.24) is 4.98 Å². The van der Waals surface area contributed by atoms with Crippen LogP contribution < -0.4 is 5.32 Å². The minimum absolute atomic E-state index is 0.0899. The number of carbonyl (C=O) groups excluding carboxylic acids is 3. The number of ether oxygens (including phenoxy) is 1. The maximum atomic E-state index is 12.3. The predicted octanol–water partition coefficient (Wildman–Crippen LogP) is 3.87. The molecule has 6 heteroatoms. The summed E-state index contributed by atoms with van der Waals surface area (Å²) in [5.41, 5.74) is 3.04. The first-order valence-electron chi connectivity index (χ1n) is 9.10. The van der Waals surface area contributed by atoms with Crippen molar-refractivity contribution in [2.45, 2.75) is 32.8 Å². The maximum absolute atomic E-state index is 12.3. The van der Waals surface area contributed by atoms with Gasteiger partial charge in [0.1, 0.15) is 0 Å². The van der Waals surface area contributed by atoms with Crippen LogP contribution in [0, 0.1) is 0 Å². The molecule has 2 aromatic carbocycles. The number of carbonyl (C=O) groups is 3. The molecule has 0 saturated carbocycles. The number of rotatable bonds is 7. The Balaban J connectivity index is 1.52. The first-order valence-corrected chi connectivity index (χ1v) is 9.10. The van der Waals surface area contributed by atoms with E-state index in [1.165, 1.54) is 13.8 Å². The maximum Gasteiger partial charge on any atom is 0.306 e. The summed E-state index contributed by atoms with van der Waals surface area (Å²) >= 11 is 0. The molecular formula is C22H22N2O4. The molecule has 0 aliphatic rings. The first kappa shape index (κ1) is 19.4. The fraction of sp³-hybridized carbons (Fsp3) is 0.227. The van der Waals surface area contributed by atoms with Crippen molar-refractivity contribution in [3.05, 3.63) is 65.9 Å². The van der Waals surface area contributed by atoms with Gasteiger partial charge in [0.15, 0.2) is 11.9 Å². The highest BCUT2D eigenvalue weighted by Crippen LogP contribution is 2.19. The van der Waals surface area contributed by atoms with Gasteiger partial charge in [0.2, 0.25) is 0 Å². The van der Waals surface area contributed by atoms with E-state index in [1.54, 1.807) is 24.3 Å². The normalized spacial score (nSPS) is 11.8. The standard InChI is InChI=1S/C22H22N2O4/c1-14(25)16-6-5-7-18(12-16)24-22(27)15(2)28-21(26)11-10-17-13-23-20-9-4-3-8-19(17)20/h3-9,12-13,15,23H,10-11H2,1-2H3,(H,24,27)/t15-/m1/s1. The fourth-order valence-electron chi connectivity index (χ4n) is 2.94. The number of aromatic amines is 1. The van der Waals surface area contributed by atoms with Crippen molar-refractivity contribution >= 4 is 34.3 Å². The van der Waals surface area contributed by atoms with Crippen LogP contribution in [0.3, 0.4) is 0 Å². The molecule has 0 fully saturated rings. The molecule has 3 rings (SSSR count). The summed E-state index contributed by atoms with van der Waals surface area (Å²) in [6.07, 6.45) is 1.66. The van der Waals surface area contributed by atoms with Gasteiger partial charge in [0.05, 0.1) is 0 Å². The van der Waals surface area contributed by atoms with E-state index in [0.29, 0.717) is 17.7 Å². The molecule has 1 amide bonds. The van der Waals surface area contributed by atoms with Gasteiger partial charge in [-0.15, -0.1) is 0 Å². The van der Waals surface area contributed by atoms with Gasteiger partial charge in [-0.2, -0.15) is 0 Å². The number of Topliss-reactive ketones (excluding diaryl/α,β-unsaturated/α-hetero) is 1. The zero-order chi connectivity index (χ0) is 20.1. The lowest BCUT2D eigenvalue weighted by Gasteiger charge is -2.14. The number of hydrogen-bond acceptors (Lipinski definition) is 4. The topological polar surface area (TPSA) is 88.3 Å². The summed E-state index contributed by atoms with van der Waals surface area (Å²) < 4.78 is 5.24. The number of nitrogens with one attached hydrogen (secondary N) is 2. The van der Waals surface area contributed by atoms with Gasteiger partial charge in [-0.25, -0.2) is 0 Å². The molecule has 6 nitrogen and oxygen atoms in total. The zero-order valence-corrected chi connectivity index (χ0v) is 15.8. The van der Waals surface area contributed by atoms with E-state index >= 15 is 0 Å². The molecule has 3 aromatic rings. The molecule has 1 atom stereocenters. The molecular weight excluding hydrogens is 356 g/mol. The summed E-state index contributed by atoms with van der Waals surface area (Å²) in [6, 6.07) is 14.5. The lowest BCUT2D eigenvalue weighted by Crippen LogP contribution is -2.30. The Labute approximate surface area is 162 Å². The van der Waals surface area contributed by atoms with Crippen molar-refractivity contribution in [2.24, 2.45) is 0 Å². The van der Waals surface area contributed by atoms with Gasteiger partial charge in [0.25, 0.3) is 5.91 Å². The van der Waals surface area contributed by atoms with Crippen molar-refractivity contribution in [3.8, 4) is 0 Å². The summed E-state index contributed by atoms with van der Waals surface area (Å²) in [4.78, 5) is 39.0. The van der Waals surface area contributed by atoms with Gasteiger partial charge in [0, 0.05) is 34.8 Å². The first-order chi connectivity index (χ1) is 13.4. The second-order valence-electron chi connectivity index (χ2n) is 6.62. The molecule has 0 radical (unpaired) electrons. The molecule has 28 heavy (non-hydrogen) atoms. The van der Waals surface area contributed by atoms with E-state index in [1.807, 2.05) is 30.5 Å². The number of hydrogen-bond donors (Lipinski definition) is 2. The molecule has 0 unspecified atom stereocenters. The van der Waals surface area contributed by atoms with E-state index < -0.39 is 18.0 Å². The SMILES string of the molecule is CC(=O)c1cccc(NC(=O)[C@@H](C)OC(=O)CCc2c[nH]c3ccccc23)c1. The molecule has 1 heterocycles. The number of fused-ring (bicyclic) bond motifs is 1. The Morgan fingerprint density at radius 3 is 2.68 bits per heavy atom. The van der Waals surface area contributed by atoms with Gasteiger partial charge in [-0.05, 0) is 44.0 Å². The molecule has 2 N–H and O–H groups in total. The van der Waals surface area contributed by atoms with Crippen LogP contribution in [0.4, 0.5) is 5.69 Å². The van der Waals surface area contributed by atoms with Crippen LogP contribution in [0.1, 0.15) is 36.2 Å². The van der Waals surface area contributed by atoms with Crippen LogP contribution in [-0.4, -0.2) is 28.7 Å². The number of benzene rings is 2. The highest BCUT2D eigenvalue weighted by Gasteiger charge is 2.18. The average Bonchev–Trinajstić information content (AvgIpc) is 3.09. The molecule has 144 valence electrons. The third-order valence-corrected chi connectivity index (χ3v) is 4.49. The minimum Gasteiger partial charge on any atom is -0.453 e. The number of aromatic nitrogens is 1. The lowest BCUT2D eigenvalue weighted by molar-refractivity contribution is -0.153. The second kappa shape index (κ2) is 8.52. The predicted molar refractivity (Wildman–Crippen MR) is 107 cm³/mol. The highest BCUT2D eigenvalue weighted by atomic mass is 16.5.